The fourth-order valence-electron chi connectivity index (χ4n) is 2.20. The molecular formula is C11H17ClN4O. The number of hydrogen-bond donors (Lipinski definition) is 2. The van der Waals surface area contributed by atoms with Crippen LogP contribution in [-0.2, 0) is 0 Å². The van der Waals surface area contributed by atoms with Crippen LogP contribution in [0.5, 0.6) is 0 Å². The maximum Gasteiger partial charge on any atom is 0.285 e. The van der Waals surface area contributed by atoms with Crippen molar-refractivity contribution in [1.82, 2.24) is 15.5 Å². The SMILES string of the molecule is CN(c1cn[nH]c(=O)c1Cl)C1CCCNCC1. The topological polar surface area (TPSA) is 61.0 Å². The quantitative estimate of drug-likeness (QED) is 0.829. The van der Waals surface area contributed by atoms with Crippen LogP contribution in [0.4, 0.5) is 5.69 Å². The molecule has 0 aromatic carbocycles. The number of nitrogens with zero attached hydrogens (tertiary/aromatic N) is 2. The maximum atomic E-state index is 11.4. The van der Waals surface area contributed by atoms with Crippen molar-refractivity contribution in [3.05, 3.63) is 21.6 Å². The number of halogens is 1. The zero-order valence-corrected chi connectivity index (χ0v) is 10.6. The fraction of sp³-hybridized carbons (Fsp3) is 0.636. The summed E-state index contributed by atoms with van der Waals surface area (Å²) in [6, 6.07) is 0.408. The lowest BCUT2D eigenvalue weighted by Gasteiger charge is -2.29. The van der Waals surface area contributed by atoms with Gasteiger partial charge in [-0.2, -0.15) is 5.10 Å². The Hall–Kier alpha value is -1.07. The number of H-pyrrole nitrogens is 1. The number of aromatic nitrogens is 2. The Morgan fingerprint density at radius 3 is 3.12 bits per heavy atom. The third-order valence-electron chi connectivity index (χ3n) is 3.25. The van der Waals surface area contributed by atoms with Crippen LogP contribution in [0.15, 0.2) is 11.0 Å². The van der Waals surface area contributed by atoms with E-state index in [4.69, 9.17) is 11.6 Å². The fourth-order valence-corrected chi connectivity index (χ4v) is 2.43. The molecule has 2 N–H and O–H groups in total. The molecule has 0 aliphatic carbocycles. The van der Waals surface area contributed by atoms with Gasteiger partial charge in [0.2, 0.25) is 0 Å². The molecule has 0 amide bonds. The summed E-state index contributed by atoms with van der Waals surface area (Å²) in [4.78, 5) is 13.5. The molecule has 0 radical (unpaired) electrons. The molecule has 2 heterocycles. The normalized spacial score (nSPS) is 20.9. The van der Waals surface area contributed by atoms with Gasteiger partial charge in [-0.25, -0.2) is 5.10 Å². The van der Waals surface area contributed by atoms with Gasteiger partial charge in [-0.05, 0) is 32.4 Å². The van der Waals surface area contributed by atoms with Crippen molar-refractivity contribution in [2.24, 2.45) is 0 Å². The number of aromatic amines is 1. The molecule has 1 fully saturated rings. The van der Waals surface area contributed by atoms with Crippen molar-refractivity contribution >= 4 is 17.3 Å². The molecule has 1 aliphatic rings. The van der Waals surface area contributed by atoms with Gasteiger partial charge >= 0.3 is 0 Å². The van der Waals surface area contributed by atoms with E-state index in [0.29, 0.717) is 11.7 Å². The van der Waals surface area contributed by atoms with Crippen LogP contribution in [-0.4, -0.2) is 36.4 Å². The monoisotopic (exact) mass is 256 g/mol. The Morgan fingerprint density at radius 2 is 2.29 bits per heavy atom. The van der Waals surface area contributed by atoms with Gasteiger partial charge in [0.05, 0.1) is 11.9 Å². The maximum absolute atomic E-state index is 11.4. The van der Waals surface area contributed by atoms with E-state index in [1.165, 1.54) is 0 Å². The summed E-state index contributed by atoms with van der Waals surface area (Å²) < 4.78 is 0. The molecular weight excluding hydrogens is 240 g/mol. The second-order valence-electron chi connectivity index (χ2n) is 4.34. The molecule has 2 rings (SSSR count). The van der Waals surface area contributed by atoms with E-state index in [1.807, 2.05) is 7.05 Å². The predicted octanol–water partition coefficient (Wildman–Crippen LogP) is 1.00. The lowest BCUT2D eigenvalue weighted by atomic mass is 10.1. The number of anilines is 1. The van der Waals surface area contributed by atoms with E-state index in [0.717, 1.165) is 32.4 Å². The number of rotatable bonds is 2. The van der Waals surface area contributed by atoms with Gasteiger partial charge in [-0.15, -0.1) is 0 Å². The van der Waals surface area contributed by atoms with Crippen LogP contribution in [0, 0.1) is 0 Å². The van der Waals surface area contributed by atoms with E-state index in [2.05, 4.69) is 20.4 Å². The zero-order chi connectivity index (χ0) is 12.3. The second kappa shape index (κ2) is 5.51. The smallest absolute Gasteiger partial charge is 0.285 e. The van der Waals surface area contributed by atoms with Gasteiger partial charge in [0.15, 0.2) is 0 Å². The highest BCUT2D eigenvalue weighted by Gasteiger charge is 2.20. The highest BCUT2D eigenvalue weighted by molar-refractivity contribution is 6.32. The second-order valence-corrected chi connectivity index (χ2v) is 4.72. The zero-order valence-electron chi connectivity index (χ0n) is 9.87. The Balaban J connectivity index is 2.20. The van der Waals surface area contributed by atoms with E-state index in [9.17, 15) is 4.79 Å². The van der Waals surface area contributed by atoms with E-state index >= 15 is 0 Å². The first kappa shape index (κ1) is 12.4. The Bertz CT molecular complexity index is 426. The first-order valence-corrected chi connectivity index (χ1v) is 6.24. The lowest BCUT2D eigenvalue weighted by Crippen LogP contribution is -2.33. The van der Waals surface area contributed by atoms with Crippen molar-refractivity contribution in [3.8, 4) is 0 Å². The van der Waals surface area contributed by atoms with Crippen molar-refractivity contribution in [3.63, 3.8) is 0 Å². The summed E-state index contributed by atoms with van der Waals surface area (Å²) in [5.41, 5.74) is 0.380. The van der Waals surface area contributed by atoms with Crippen LogP contribution >= 0.6 is 11.6 Å². The number of hydrogen-bond acceptors (Lipinski definition) is 4. The van der Waals surface area contributed by atoms with Crippen LogP contribution < -0.4 is 15.8 Å². The molecule has 1 aromatic heterocycles. The Kier molecular flexibility index (Phi) is 4.02. The van der Waals surface area contributed by atoms with Gasteiger partial charge < -0.3 is 10.2 Å². The largest absolute Gasteiger partial charge is 0.369 e. The van der Waals surface area contributed by atoms with E-state index in [1.54, 1.807) is 6.20 Å². The van der Waals surface area contributed by atoms with Crippen molar-refractivity contribution in [2.75, 3.05) is 25.0 Å². The summed E-state index contributed by atoms with van der Waals surface area (Å²) >= 11 is 6.01. The van der Waals surface area contributed by atoms with Gasteiger partial charge in [0.25, 0.3) is 5.56 Å². The summed E-state index contributed by atoms with van der Waals surface area (Å²) in [5.74, 6) is 0. The minimum Gasteiger partial charge on any atom is -0.369 e. The summed E-state index contributed by atoms with van der Waals surface area (Å²) in [7, 11) is 1.97. The van der Waals surface area contributed by atoms with E-state index < -0.39 is 0 Å². The molecule has 6 heteroatoms. The van der Waals surface area contributed by atoms with Gasteiger partial charge in [-0.1, -0.05) is 11.6 Å². The summed E-state index contributed by atoms with van der Waals surface area (Å²) in [6.45, 7) is 2.06. The van der Waals surface area contributed by atoms with Crippen molar-refractivity contribution in [1.29, 1.82) is 0 Å². The average molecular weight is 257 g/mol. The van der Waals surface area contributed by atoms with Crippen LogP contribution in [0.25, 0.3) is 0 Å². The van der Waals surface area contributed by atoms with Gasteiger partial charge in [0, 0.05) is 13.1 Å². The minimum absolute atomic E-state index is 0.222. The number of nitrogens with one attached hydrogen (secondary N) is 2. The molecule has 0 spiro atoms. The van der Waals surface area contributed by atoms with Crippen LogP contribution in [0.2, 0.25) is 5.02 Å². The Morgan fingerprint density at radius 1 is 1.47 bits per heavy atom. The van der Waals surface area contributed by atoms with Gasteiger partial charge in [-0.3, -0.25) is 4.79 Å². The summed E-state index contributed by atoms with van der Waals surface area (Å²) in [5, 5.41) is 9.73. The molecule has 94 valence electrons. The molecule has 0 saturated carbocycles. The lowest BCUT2D eigenvalue weighted by molar-refractivity contribution is 0.565. The first-order chi connectivity index (χ1) is 8.20. The average Bonchev–Trinajstić information content (AvgIpc) is 2.60. The van der Waals surface area contributed by atoms with E-state index in [-0.39, 0.29) is 10.6 Å². The molecule has 1 unspecified atom stereocenters. The minimum atomic E-state index is -0.331. The van der Waals surface area contributed by atoms with Crippen LogP contribution in [0.3, 0.4) is 0 Å². The first-order valence-electron chi connectivity index (χ1n) is 5.87. The highest BCUT2D eigenvalue weighted by atomic mass is 35.5. The molecule has 1 saturated heterocycles. The molecule has 1 atom stereocenters. The molecule has 1 aromatic rings. The third kappa shape index (κ3) is 2.79. The van der Waals surface area contributed by atoms with Crippen molar-refractivity contribution < 1.29 is 0 Å². The third-order valence-corrected chi connectivity index (χ3v) is 3.62. The Labute approximate surface area is 105 Å². The van der Waals surface area contributed by atoms with Gasteiger partial charge in [0.1, 0.15) is 5.02 Å². The summed E-state index contributed by atoms with van der Waals surface area (Å²) in [6.07, 6.45) is 4.91. The molecule has 5 nitrogen and oxygen atoms in total. The molecule has 17 heavy (non-hydrogen) atoms. The molecule has 0 bridgehead atoms. The van der Waals surface area contributed by atoms with Crippen molar-refractivity contribution in [2.45, 2.75) is 25.3 Å². The predicted molar refractivity (Wildman–Crippen MR) is 68.8 cm³/mol. The van der Waals surface area contributed by atoms with Crippen LogP contribution in [0.1, 0.15) is 19.3 Å². The molecule has 1 aliphatic heterocycles. The standard InChI is InChI=1S/C11H17ClN4O/c1-16(8-3-2-5-13-6-4-8)9-7-14-15-11(17)10(9)12/h7-8,13H,2-6H2,1H3,(H,15,17). The highest BCUT2D eigenvalue weighted by Crippen LogP contribution is 2.24.